The summed E-state index contributed by atoms with van der Waals surface area (Å²) in [7, 11) is -2.84. The van der Waals surface area contributed by atoms with Crippen molar-refractivity contribution >= 4 is 15.7 Å². The van der Waals surface area contributed by atoms with Crippen LogP contribution in [0.1, 0.15) is 10.4 Å². The van der Waals surface area contributed by atoms with Crippen molar-refractivity contribution in [1.82, 2.24) is 0 Å². The van der Waals surface area contributed by atoms with Crippen molar-refractivity contribution in [3.05, 3.63) is 53.8 Å². The summed E-state index contributed by atoms with van der Waals surface area (Å²) in [6.45, 7) is 0. The molecule has 5 nitrogen and oxygen atoms in total. The molecule has 2 aromatic rings. The third-order valence-corrected chi connectivity index (χ3v) is 4.71. The van der Waals surface area contributed by atoms with Gasteiger partial charge in [-0.1, -0.05) is 12.1 Å². The summed E-state index contributed by atoms with van der Waals surface area (Å²) >= 11 is 0. The quantitative estimate of drug-likeness (QED) is 0.932. The summed E-state index contributed by atoms with van der Waals surface area (Å²) in [5.74, 6) is -1.57. The number of ether oxygens (including phenoxy) is 1. The molecular weight excluding hydrogens is 297 g/mol. The average Bonchev–Trinajstić information content (AvgIpc) is 2.46. The average molecular weight is 309 g/mol. The number of carbonyl (C=O) groups is 1. The highest BCUT2D eigenvalue weighted by atomic mass is 32.2. The number of benzene rings is 2. The largest absolute Gasteiger partial charge is 0.497 e. The van der Waals surface area contributed by atoms with Crippen molar-refractivity contribution in [3.8, 4) is 5.75 Å². The van der Waals surface area contributed by atoms with E-state index in [-0.39, 0.29) is 16.2 Å². The van der Waals surface area contributed by atoms with Crippen LogP contribution in [0.25, 0.3) is 0 Å². The molecule has 0 heterocycles. The molecule has 0 aliphatic heterocycles. The number of carbonyl (C=O) groups excluding carboxylic acids is 1. The fourth-order valence-electron chi connectivity index (χ4n) is 1.84. The van der Waals surface area contributed by atoms with Gasteiger partial charge < -0.3 is 10.5 Å². The highest BCUT2D eigenvalue weighted by Crippen LogP contribution is 2.28. The Bertz CT molecular complexity index is 802. The predicted molar refractivity (Wildman–Crippen MR) is 73.4 cm³/mol. The van der Waals surface area contributed by atoms with E-state index in [1.807, 2.05) is 0 Å². The summed E-state index contributed by atoms with van der Waals surface area (Å²) in [6, 6.07) is 8.65. The molecule has 0 bridgehead atoms. The zero-order valence-corrected chi connectivity index (χ0v) is 11.9. The summed E-state index contributed by atoms with van der Waals surface area (Å²) in [6.07, 6.45) is 0. The van der Waals surface area contributed by atoms with Crippen LogP contribution in [0.5, 0.6) is 5.75 Å². The van der Waals surface area contributed by atoms with Crippen LogP contribution in [0.3, 0.4) is 0 Å². The Hall–Kier alpha value is -2.41. The monoisotopic (exact) mass is 309 g/mol. The number of rotatable bonds is 4. The Balaban J connectivity index is 2.71. The fraction of sp³-hybridized carbons (Fsp3) is 0.0714. The van der Waals surface area contributed by atoms with E-state index in [0.717, 1.165) is 12.1 Å². The lowest BCUT2D eigenvalue weighted by molar-refractivity contribution is 0.0996. The molecule has 1 amide bonds. The molecule has 0 aliphatic rings. The molecule has 2 aromatic carbocycles. The molecule has 0 saturated heterocycles. The van der Waals surface area contributed by atoms with Gasteiger partial charge in [0, 0.05) is 0 Å². The van der Waals surface area contributed by atoms with Crippen LogP contribution in [-0.4, -0.2) is 21.4 Å². The Morgan fingerprint density at radius 1 is 1.14 bits per heavy atom. The molecule has 0 aliphatic carbocycles. The Morgan fingerprint density at radius 3 is 2.38 bits per heavy atom. The second kappa shape index (κ2) is 5.53. The van der Waals surface area contributed by atoms with E-state index < -0.39 is 26.5 Å². The molecule has 0 unspecified atom stereocenters. The molecule has 21 heavy (non-hydrogen) atoms. The van der Waals surface area contributed by atoms with Crippen LogP contribution in [0.15, 0.2) is 52.3 Å². The maximum absolute atomic E-state index is 13.7. The smallest absolute Gasteiger partial charge is 0.250 e. The maximum Gasteiger partial charge on any atom is 0.250 e. The predicted octanol–water partition coefficient (Wildman–Crippen LogP) is 1.77. The minimum atomic E-state index is -4.20. The summed E-state index contributed by atoms with van der Waals surface area (Å²) in [5.41, 5.74) is 4.95. The van der Waals surface area contributed by atoms with Gasteiger partial charge in [0.25, 0.3) is 0 Å². The maximum atomic E-state index is 13.7. The van der Waals surface area contributed by atoms with Crippen LogP contribution < -0.4 is 10.5 Å². The van der Waals surface area contributed by atoms with Crippen LogP contribution >= 0.6 is 0 Å². The van der Waals surface area contributed by atoms with Crippen molar-refractivity contribution in [2.75, 3.05) is 7.11 Å². The standard InChI is InChI=1S/C14H12FNO4S/c1-20-9-6-7-12(10(8-9)14(16)17)21(18,19)13-5-3-2-4-11(13)15/h2-8H,1H3,(H2,16,17). The number of halogens is 1. The Kier molecular flexibility index (Phi) is 3.95. The summed E-state index contributed by atoms with van der Waals surface area (Å²) in [4.78, 5) is 10.6. The van der Waals surface area contributed by atoms with Gasteiger partial charge in [-0.05, 0) is 30.3 Å². The second-order valence-corrected chi connectivity index (χ2v) is 6.05. The lowest BCUT2D eigenvalue weighted by atomic mass is 10.2. The SMILES string of the molecule is COc1ccc(S(=O)(=O)c2ccccc2F)c(C(N)=O)c1. The van der Waals surface area contributed by atoms with E-state index in [2.05, 4.69) is 0 Å². The van der Waals surface area contributed by atoms with Crippen molar-refractivity contribution < 1.29 is 22.3 Å². The van der Waals surface area contributed by atoms with Gasteiger partial charge in [0.2, 0.25) is 15.7 Å². The molecule has 0 atom stereocenters. The zero-order chi connectivity index (χ0) is 15.6. The van der Waals surface area contributed by atoms with Crippen molar-refractivity contribution in [2.45, 2.75) is 9.79 Å². The second-order valence-electron chi connectivity index (χ2n) is 4.16. The number of methoxy groups -OCH3 is 1. The first-order valence-electron chi connectivity index (χ1n) is 5.85. The minimum absolute atomic E-state index is 0.252. The van der Waals surface area contributed by atoms with E-state index >= 15 is 0 Å². The van der Waals surface area contributed by atoms with Gasteiger partial charge in [-0.3, -0.25) is 4.79 Å². The zero-order valence-electron chi connectivity index (χ0n) is 11.0. The summed E-state index contributed by atoms with van der Waals surface area (Å²) in [5, 5.41) is 0. The number of hydrogen-bond donors (Lipinski definition) is 1. The van der Waals surface area contributed by atoms with Gasteiger partial charge in [0.05, 0.1) is 17.6 Å². The molecule has 0 aromatic heterocycles. The Labute approximate surface area is 121 Å². The summed E-state index contributed by atoms with van der Waals surface area (Å²) < 4.78 is 43.6. The molecule has 0 saturated carbocycles. The molecule has 2 rings (SSSR count). The van der Waals surface area contributed by atoms with Gasteiger partial charge in [-0.25, -0.2) is 12.8 Å². The third-order valence-electron chi connectivity index (χ3n) is 2.87. The fourth-order valence-corrected chi connectivity index (χ4v) is 3.36. The lowest BCUT2D eigenvalue weighted by Gasteiger charge is -2.10. The molecule has 7 heteroatoms. The third kappa shape index (κ3) is 2.73. The van der Waals surface area contributed by atoms with Crippen LogP contribution in [0.4, 0.5) is 4.39 Å². The van der Waals surface area contributed by atoms with Crippen LogP contribution in [0.2, 0.25) is 0 Å². The first kappa shape index (κ1) is 15.0. The molecular formula is C14H12FNO4S. The lowest BCUT2D eigenvalue weighted by Crippen LogP contribution is -2.17. The number of hydrogen-bond acceptors (Lipinski definition) is 4. The van der Waals surface area contributed by atoms with Crippen LogP contribution in [-0.2, 0) is 9.84 Å². The minimum Gasteiger partial charge on any atom is -0.497 e. The van der Waals surface area contributed by atoms with Crippen molar-refractivity contribution in [1.29, 1.82) is 0 Å². The van der Waals surface area contributed by atoms with Crippen molar-refractivity contribution in [3.63, 3.8) is 0 Å². The van der Waals surface area contributed by atoms with Gasteiger partial charge in [-0.2, -0.15) is 0 Å². The van der Waals surface area contributed by atoms with E-state index in [0.29, 0.717) is 0 Å². The molecule has 0 radical (unpaired) electrons. The highest BCUT2D eigenvalue weighted by molar-refractivity contribution is 7.91. The highest BCUT2D eigenvalue weighted by Gasteiger charge is 2.26. The van der Waals surface area contributed by atoms with Crippen LogP contribution in [0, 0.1) is 5.82 Å². The van der Waals surface area contributed by atoms with E-state index in [9.17, 15) is 17.6 Å². The number of amides is 1. The first-order chi connectivity index (χ1) is 9.87. The van der Waals surface area contributed by atoms with E-state index in [1.54, 1.807) is 0 Å². The molecule has 0 spiro atoms. The number of sulfone groups is 1. The number of primary amides is 1. The first-order valence-corrected chi connectivity index (χ1v) is 7.33. The Morgan fingerprint density at radius 2 is 1.81 bits per heavy atom. The molecule has 0 fully saturated rings. The van der Waals surface area contributed by atoms with Gasteiger partial charge in [0.15, 0.2) is 0 Å². The number of nitrogens with two attached hydrogens (primary N) is 1. The molecule has 110 valence electrons. The van der Waals surface area contributed by atoms with Crippen molar-refractivity contribution in [2.24, 2.45) is 5.73 Å². The normalized spacial score (nSPS) is 11.1. The molecule has 2 N–H and O–H groups in total. The van der Waals surface area contributed by atoms with Gasteiger partial charge in [0.1, 0.15) is 16.5 Å². The van der Waals surface area contributed by atoms with E-state index in [1.165, 1.54) is 37.4 Å². The topological polar surface area (TPSA) is 86.5 Å². The van der Waals surface area contributed by atoms with Gasteiger partial charge in [-0.15, -0.1) is 0 Å². The van der Waals surface area contributed by atoms with Gasteiger partial charge >= 0.3 is 0 Å². The van der Waals surface area contributed by atoms with E-state index in [4.69, 9.17) is 10.5 Å².